The summed E-state index contributed by atoms with van der Waals surface area (Å²) in [5, 5.41) is 11.8. The lowest BCUT2D eigenvalue weighted by atomic mass is 10.2. The molecule has 2 N–H and O–H groups in total. The van der Waals surface area contributed by atoms with Gasteiger partial charge in [0.15, 0.2) is 0 Å². The number of nitrogens with one attached hydrogen (secondary N) is 1. The number of imide groups is 1. The molecule has 25 heavy (non-hydrogen) atoms. The van der Waals surface area contributed by atoms with Crippen LogP contribution in [0.1, 0.15) is 5.56 Å². The van der Waals surface area contributed by atoms with Crippen molar-refractivity contribution in [3.8, 4) is 0 Å². The number of rotatable bonds is 4. The first-order valence-electron chi connectivity index (χ1n) is 7.50. The van der Waals surface area contributed by atoms with E-state index in [-0.39, 0.29) is 10.9 Å². The molecular weight excluding hydrogens is 367 g/mol. The molecule has 0 radical (unpaired) electrons. The number of thioether (sulfide) groups is 2. The van der Waals surface area contributed by atoms with Crippen molar-refractivity contribution in [2.45, 2.75) is 12.1 Å². The van der Waals surface area contributed by atoms with Crippen molar-refractivity contribution in [2.24, 2.45) is 0 Å². The second-order valence-electron chi connectivity index (χ2n) is 5.60. The topological polar surface area (TPSA) is 86.7 Å². The fourth-order valence-electron chi connectivity index (χ4n) is 2.46. The summed E-state index contributed by atoms with van der Waals surface area (Å²) in [6.07, 6.45) is 0.792. The van der Waals surface area contributed by atoms with Crippen molar-refractivity contribution in [2.75, 3.05) is 18.1 Å². The third-order valence-electron chi connectivity index (χ3n) is 3.72. The maximum atomic E-state index is 13.2. The highest BCUT2D eigenvalue weighted by atomic mass is 32.2. The SMILES string of the molecule is O=C(CN1C(=O)S/C(=C\c2cccc(F)c2)C1=O)N[C@H]1CSC[C@H]1O. The van der Waals surface area contributed by atoms with E-state index in [4.69, 9.17) is 0 Å². The van der Waals surface area contributed by atoms with Gasteiger partial charge in [0.1, 0.15) is 12.4 Å². The molecule has 0 bridgehead atoms. The Morgan fingerprint density at radius 1 is 1.40 bits per heavy atom. The Morgan fingerprint density at radius 2 is 2.20 bits per heavy atom. The van der Waals surface area contributed by atoms with Crippen LogP contribution in [0.2, 0.25) is 0 Å². The molecule has 2 heterocycles. The third-order valence-corrected chi connectivity index (χ3v) is 5.80. The van der Waals surface area contributed by atoms with E-state index < -0.39 is 35.5 Å². The fourth-order valence-corrected chi connectivity index (χ4v) is 4.47. The Morgan fingerprint density at radius 3 is 2.88 bits per heavy atom. The Hall–Kier alpha value is -1.84. The van der Waals surface area contributed by atoms with Crippen LogP contribution < -0.4 is 5.32 Å². The van der Waals surface area contributed by atoms with Crippen molar-refractivity contribution in [1.82, 2.24) is 10.2 Å². The quantitative estimate of drug-likeness (QED) is 0.767. The smallest absolute Gasteiger partial charge is 0.294 e. The summed E-state index contributed by atoms with van der Waals surface area (Å²) in [4.78, 5) is 37.4. The van der Waals surface area contributed by atoms with Gasteiger partial charge in [-0.3, -0.25) is 19.3 Å². The standard InChI is InChI=1S/C16H15FN2O4S2/c17-10-3-1-2-9(4-10)5-13-15(22)19(16(23)25-13)6-14(21)18-11-7-24-8-12(11)20/h1-5,11-12,20H,6-8H2,(H,18,21)/b13-5-/t11-,12+/m0/s1. The summed E-state index contributed by atoms with van der Waals surface area (Å²) in [6, 6.07) is 5.27. The Kier molecular flexibility index (Phi) is 5.45. The number of amides is 3. The van der Waals surface area contributed by atoms with Crippen LogP contribution >= 0.6 is 23.5 Å². The third kappa shape index (κ3) is 4.23. The molecule has 0 aromatic heterocycles. The molecule has 6 nitrogen and oxygen atoms in total. The molecule has 2 aliphatic rings. The number of hydrogen-bond acceptors (Lipinski definition) is 6. The molecule has 2 atom stereocenters. The number of aliphatic hydroxyl groups is 1. The Balaban J connectivity index is 1.66. The molecule has 1 aromatic carbocycles. The Bertz CT molecular complexity index is 755. The van der Waals surface area contributed by atoms with E-state index in [1.165, 1.54) is 36.0 Å². The van der Waals surface area contributed by atoms with E-state index in [1.54, 1.807) is 6.07 Å². The lowest BCUT2D eigenvalue weighted by Gasteiger charge is -2.18. The number of aliphatic hydroxyl groups excluding tert-OH is 1. The first kappa shape index (κ1) is 18.0. The number of benzene rings is 1. The van der Waals surface area contributed by atoms with Gasteiger partial charge in [0, 0.05) is 11.5 Å². The largest absolute Gasteiger partial charge is 0.390 e. The minimum Gasteiger partial charge on any atom is -0.390 e. The number of carbonyl (C=O) groups is 3. The maximum absolute atomic E-state index is 13.2. The van der Waals surface area contributed by atoms with Crippen molar-refractivity contribution in [3.63, 3.8) is 0 Å². The van der Waals surface area contributed by atoms with Gasteiger partial charge in [-0.15, -0.1) is 0 Å². The average molecular weight is 382 g/mol. The summed E-state index contributed by atoms with van der Waals surface area (Å²) in [5.41, 5.74) is 0.459. The molecular formula is C16H15FN2O4S2. The summed E-state index contributed by atoms with van der Waals surface area (Å²) < 4.78 is 13.2. The second kappa shape index (κ2) is 7.59. The highest BCUT2D eigenvalue weighted by Gasteiger charge is 2.37. The molecule has 9 heteroatoms. The van der Waals surface area contributed by atoms with Crippen LogP contribution in [0.25, 0.3) is 6.08 Å². The van der Waals surface area contributed by atoms with Crippen molar-refractivity contribution < 1.29 is 23.9 Å². The number of halogens is 1. The van der Waals surface area contributed by atoms with Crippen molar-refractivity contribution in [1.29, 1.82) is 0 Å². The van der Waals surface area contributed by atoms with Crippen molar-refractivity contribution in [3.05, 3.63) is 40.6 Å². The van der Waals surface area contributed by atoms with Crippen LogP contribution in [-0.4, -0.2) is 57.3 Å². The molecule has 0 unspecified atom stereocenters. The van der Waals surface area contributed by atoms with Crippen LogP contribution in [-0.2, 0) is 9.59 Å². The minimum atomic E-state index is -0.628. The molecule has 3 amide bonds. The molecule has 2 saturated heterocycles. The minimum absolute atomic E-state index is 0.139. The van der Waals surface area contributed by atoms with Gasteiger partial charge < -0.3 is 10.4 Å². The number of hydrogen-bond donors (Lipinski definition) is 2. The first-order chi connectivity index (χ1) is 11.9. The van der Waals surface area contributed by atoms with E-state index in [9.17, 15) is 23.9 Å². The molecule has 132 valence electrons. The normalized spacial score (nSPS) is 25.0. The number of carbonyl (C=O) groups excluding carboxylic acids is 3. The van der Waals surface area contributed by atoms with E-state index in [0.717, 1.165) is 4.90 Å². The maximum Gasteiger partial charge on any atom is 0.294 e. The Labute approximate surface area is 151 Å². The van der Waals surface area contributed by atoms with E-state index in [2.05, 4.69) is 5.32 Å². The molecule has 1 aromatic rings. The lowest BCUT2D eigenvalue weighted by molar-refractivity contribution is -0.129. The molecule has 0 spiro atoms. The van der Waals surface area contributed by atoms with Gasteiger partial charge in [0.2, 0.25) is 5.91 Å². The van der Waals surface area contributed by atoms with Gasteiger partial charge in [-0.25, -0.2) is 4.39 Å². The van der Waals surface area contributed by atoms with Gasteiger partial charge in [-0.2, -0.15) is 11.8 Å². The zero-order valence-electron chi connectivity index (χ0n) is 13.0. The second-order valence-corrected chi connectivity index (χ2v) is 7.67. The molecule has 0 saturated carbocycles. The zero-order valence-corrected chi connectivity index (χ0v) is 14.6. The highest BCUT2D eigenvalue weighted by Crippen LogP contribution is 2.32. The first-order valence-corrected chi connectivity index (χ1v) is 9.47. The van der Waals surface area contributed by atoms with Crippen LogP contribution in [0.15, 0.2) is 29.2 Å². The summed E-state index contributed by atoms with van der Waals surface area (Å²) in [6.45, 7) is -0.404. The molecule has 2 fully saturated rings. The summed E-state index contributed by atoms with van der Waals surface area (Å²) >= 11 is 2.23. The van der Waals surface area contributed by atoms with E-state index >= 15 is 0 Å². The lowest BCUT2D eigenvalue weighted by Crippen LogP contribution is -2.47. The van der Waals surface area contributed by atoms with Crippen LogP contribution in [0.3, 0.4) is 0 Å². The van der Waals surface area contributed by atoms with Gasteiger partial charge in [0.25, 0.3) is 11.1 Å². The summed E-state index contributed by atoms with van der Waals surface area (Å²) in [7, 11) is 0. The van der Waals surface area contributed by atoms with Gasteiger partial charge >= 0.3 is 0 Å². The van der Waals surface area contributed by atoms with Crippen molar-refractivity contribution >= 4 is 46.7 Å². The molecule has 3 rings (SSSR count). The zero-order chi connectivity index (χ0) is 18.0. The van der Waals surface area contributed by atoms with Crippen LogP contribution in [0, 0.1) is 5.82 Å². The monoisotopic (exact) mass is 382 g/mol. The molecule has 2 aliphatic heterocycles. The van der Waals surface area contributed by atoms with Gasteiger partial charge in [0.05, 0.1) is 17.1 Å². The predicted octanol–water partition coefficient (Wildman–Crippen LogP) is 1.45. The van der Waals surface area contributed by atoms with Gasteiger partial charge in [-0.1, -0.05) is 12.1 Å². The highest BCUT2D eigenvalue weighted by molar-refractivity contribution is 8.18. The average Bonchev–Trinajstić information content (AvgIpc) is 3.06. The molecule has 0 aliphatic carbocycles. The van der Waals surface area contributed by atoms with E-state index in [0.29, 0.717) is 28.8 Å². The van der Waals surface area contributed by atoms with Crippen LogP contribution in [0.5, 0.6) is 0 Å². The van der Waals surface area contributed by atoms with Crippen LogP contribution in [0.4, 0.5) is 9.18 Å². The van der Waals surface area contributed by atoms with E-state index in [1.807, 2.05) is 0 Å². The van der Waals surface area contributed by atoms with Gasteiger partial charge in [-0.05, 0) is 35.5 Å². The fraction of sp³-hybridized carbons (Fsp3) is 0.312. The number of nitrogens with zero attached hydrogens (tertiary/aromatic N) is 1. The summed E-state index contributed by atoms with van der Waals surface area (Å²) in [5.74, 6) is -0.395. The predicted molar refractivity (Wildman–Crippen MR) is 94.3 cm³/mol.